The molecule has 0 aromatic heterocycles. The first-order valence-corrected chi connectivity index (χ1v) is 8.02. The predicted octanol–water partition coefficient (Wildman–Crippen LogP) is 2.88. The first-order valence-electron chi connectivity index (χ1n) is 8.02. The maximum Gasteiger partial charge on any atom is 0.224 e. The fourth-order valence-electron chi connectivity index (χ4n) is 4.92. The van der Waals surface area contributed by atoms with Gasteiger partial charge in [-0.05, 0) is 50.9 Å². The van der Waals surface area contributed by atoms with Crippen LogP contribution in [0.25, 0.3) is 0 Å². The van der Waals surface area contributed by atoms with Gasteiger partial charge in [-0.3, -0.25) is 4.79 Å². The van der Waals surface area contributed by atoms with Crippen molar-refractivity contribution in [3.05, 3.63) is 11.8 Å². The third-order valence-electron chi connectivity index (χ3n) is 5.56. The van der Waals surface area contributed by atoms with Gasteiger partial charge in [-0.15, -0.1) is 0 Å². The third kappa shape index (κ3) is 1.73. The van der Waals surface area contributed by atoms with Crippen LogP contribution in [-0.2, 0) is 4.79 Å². The molecule has 4 rings (SSSR count). The van der Waals surface area contributed by atoms with E-state index < -0.39 is 0 Å². The fourth-order valence-corrected chi connectivity index (χ4v) is 4.92. The molecule has 0 aromatic carbocycles. The molecule has 3 fully saturated rings. The summed E-state index contributed by atoms with van der Waals surface area (Å²) in [4.78, 5) is 17.2. The highest BCUT2D eigenvalue weighted by Gasteiger charge is 2.47. The Kier molecular flexibility index (Phi) is 2.64. The van der Waals surface area contributed by atoms with E-state index in [9.17, 15) is 4.79 Å². The number of amides is 1. The number of hydrogen-bond acceptors (Lipinski definition) is 2. The van der Waals surface area contributed by atoms with Crippen molar-refractivity contribution < 1.29 is 4.79 Å². The second-order valence-electron chi connectivity index (χ2n) is 6.94. The molecule has 0 spiro atoms. The van der Waals surface area contributed by atoms with Gasteiger partial charge in [-0.25, -0.2) is 0 Å². The molecule has 0 aromatic rings. The quantitative estimate of drug-likeness (QED) is 0.668. The van der Waals surface area contributed by atoms with Crippen molar-refractivity contribution in [1.82, 2.24) is 9.80 Å². The summed E-state index contributed by atoms with van der Waals surface area (Å²) in [5.74, 6) is 1.23. The third-order valence-corrected chi connectivity index (χ3v) is 5.56. The number of fused-ring (bicyclic) bond motifs is 2. The van der Waals surface area contributed by atoms with Crippen LogP contribution in [0.15, 0.2) is 11.8 Å². The molecule has 4 aliphatic rings. The van der Waals surface area contributed by atoms with Gasteiger partial charge in [0.15, 0.2) is 0 Å². The first-order chi connectivity index (χ1) is 9.24. The average Bonchev–Trinajstić information content (AvgIpc) is 2.38. The van der Waals surface area contributed by atoms with Gasteiger partial charge in [0.1, 0.15) is 6.17 Å². The first kappa shape index (κ1) is 11.8. The number of carbonyl (C=O) groups excluding carboxylic acids is 1. The van der Waals surface area contributed by atoms with Crippen LogP contribution in [0.2, 0.25) is 0 Å². The zero-order valence-electron chi connectivity index (χ0n) is 11.8. The van der Waals surface area contributed by atoms with Crippen molar-refractivity contribution in [1.29, 1.82) is 0 Å². The zero-order valence-corrected chi connectivity index (χ0v) is 11.8. The lowest BCUT2D eigenvalue weighted by molar-refractivity contribution is -0.156. The Hall–Kier alpha value is -0.990. The Labute approximate surface area is 115 Å². The van der Waals surface area contributed by atoms with E-state index in [4.69, 9.17) is 0 Å². The van der Waals surface area contributed by atoms with Gasteiger partial charge in [-0.2, -0.15) is 0 Å². The van der Waals surface area contributed by atoms with Gasteiger partial charge in [0, 0.05) is 24.2 Å². The standard InChI is InChI=1S/C16H24N2O/c1-11-8-12-4-2-6-15-17(12)14(9-11)10-13-5-3-7-16(19)18(13)15/h4,11,13-15H,2-3,5-10H2,1H3/t11-,13-,14+,15-/m0/s1. The Morgan fingerprint density at radius 3 is 2.95 bits per heavy atom. The van der Waals surface area contributed by atoms with Gasteiger partial charge >= 0.3 is 0 Å². The number of allylic oxidation sites excluding steroid dienone is 2. The molecule has 4 aliphatic heterocycles. The number of piperidine rings is 2. The molecule has 0 saturated carbocycles. The number of nitrogens with zero attached hydrogens (tertiary/aromatic N) is 2. The summed E-state index contributed by atoms with van der Waals surface area (Å²) in [5, 5.41) is 0. The molecule has 3 heteroatoms. The second kappa shape index (κ2) is 4.26. The molecule has 0 unspecified atom stereocenters. The van der Waals surface area contributed by atoms with Crippen molar-refractivity contribution in [2.45, 2.75) is 76.5 Å². The molecule has 3 saturated heterocycles. The lowest BCUT2D eigenvalue weighted by atomic mass is 9.79. The lowest BCUT2D eigenvalue weighted by Crippen LogP contribution is -2.66. The zero-order chi connectivity index (χ0) is 13.0. The van der Waals surface area contributed by atoms with E-state index in [0.29, 0.717) is 24.2 Å². The molecule has 4 atom stereocenters. The van der Waals surface area contributed by atoms with Crippen LogP contribution in [0.4, 0.5) is 0 Å². The van der Waals surface area contributed by atoms with E-state index in [1.165, 1.54) is 31.4 Å². The van der Waals surface area contributed by atoms with E-state index in [0.717, 1.165) is 31.6 Å². The van der Waals surface area contributed by atoms with Crippen LogP contribution in [0, 0.1) is 5.92 Å². The topological polar surface area (TPSA) is 23.6 Å². The van der Waals surface area contributed by atoms with Gasteiger partial charge in [-0.1, -0.05) is 13.0 Å². The van der Waals surface area contributed by atoms with Crippen LogP contribution >= 0.6 is 0 Å². The Morgan fingerprint density at radius 2 is 2.05 bits per heavy atom. The lowest BCUT2D eigenvalue weighted by Gasteiger charge is -2.59. The number of rotatable bonds is 0. The van der Waals surface area contributed by atoms with Crippen LogP contribution in [0.3, 0.4) is 0 Å². The molecule has 1 amide bonds. The average molecular weight is 260 g/mol. The summed E-state index contributed by atoms with van der Waals surface area (Å²) in [6.45, 7) is 2.39. The van der Waals surface area contributed by atoms with Gasteiger partial charge in [0.25, 0.3) is 0 Å². The molecule has 0 aliphatic carbocycles. The molecule has 19 heavy (non-hydrogen) atoms. The van der Waals surface area contributed by atoms with Gasteiger partial charge in [0.2, 0.25) is 5.91 Å². The SMILES string of the molecule is C[C@H]1CC2=CCC[C@@H]3N4C(=O)CCC[C@H]4C[C@@H](C1)N23. The number of carbonyl (C=O) groups is 1. The largest absolute Gasteiger partial charge is 0.352 e. The highest BCUT2D eigenvalue weighted by atomic mass is 16.2. The van der Waals surface area contributed by atoms with Crippen molar-refractivity contribution >= 4 is 5.91 Å². The van der Waals surface area contributed by atoms with Crippen molar-refractivity contribution in [3.63, 3.8) is 0 Å². The molecule has 3 nitrogen and oxygen atoms in total. The molecule has 0 bridgehead atoms. The maximum absolute atomic E-state index is 12.3. The summed E-state index contributed by atoms with van der Waals surface area (Å²) in [7, 11) is 0. The summed E-state index contributed by atoms with van der Waals surface area (Å²) >= 11 is 0. The maximum atomic E-state index is 12.3. The molecule has 104 valence electrons. The molecular formula is C16H24N2O. The van der Waals surface area contributed by atoms with E-state index in [2.05, 4.69) is 22.8 Å². The van der Waals surface area contributed by atoms with Crippen LogP contribution in [-0.4, -0.2) is 34.0 Å². The fraction of sp³-hybridized carbons (Fsp3) is 0.812. The molecular weight excluding hydrogens is 236 g/mol. The Morgan fingerprint density at radius 1 is 1.16 bits per heavy atom. The smallest absolute Gasteiger partial charge is 0.224 e. The molecule has 4 heterocycles. The minimum Gasteiger partial charge on any atom is -0.352 e. The Balaban J connectivity index is 1.70. The van der Waals surface area contributed by atoms with Crippen molar-refractivity contribution in [3.8, 4) is 0 Å². The summed E-state index contributed by atoms with van der Waals surface area (Å²) < 4.78 is 0. The highest BCUT2D eigenvalue weighted by Crippen LogP contribution is 2.44. The van der Waals surface area contributed by atoms with Gasteiger partial charge < -0.3 is 9.80 Å². The van der Waals surface area contributed by atoms with E-state index >= 15 is 0 Å². The Bertz CT molecular complexity index is 430. The van der Waals surface area contributed by atoms with E-state index in [-0.39, 0.29) is 0 Å². The predicted molar refractivity (Wildman–Crippen MR) is 74.2 cm³/mol. The van der Waals surface area contributed by atoms with Crippen molar-refractivity contribution in [2.24, 2.45) is 5.92 Å². The molecule has 0 radical (unpaired) electrons. The minimum absolute atomic E-state index is 0.393. The number of hydrogen-bond donors (Lipinski definition) is 0. The van der Waals surface area contributed by atoms with Crippen LogP contribution < -0.4 is 0 Å². The highest BCUT2D eigenvalue weighted by molar-refractivity contribution is 5.77. The normalized spacial score (nSPS) is 41.5. The van der Waals surface area contributed by atoms with Gasteiger partial charge in [0.05, 0.1) is 0 Å². The minimum atomic E-state index is 0.393. The molecule has 0 N–H and O–H groups in total. The van der Waals surface area contributed by atoms with E-state index in [1.807, 2.05) is 0 Å². The summed E-state index contributed by atoms with van der Waals surface area (Å²) in [5.41, 5.74) is 1.54. The monoisotopic (exact) mass is 260 g/mol. The summed E-state index contributed by atoms with van der Waals surface area (Å²) in [6.07, 6.45) is 12.0. The van der Waals surface area contributed by atoms with Crippen LogP contribution in [0.1, 0.15) is 58.3 Å². The van der Waals surface area contributed by atoms with E-state index in [1.54, 1.807) is 0 Å². The van der Waals surface area contributed by atoms with Crippen molar-refractivity contribution in [2.75, 3.05) is 0 Å². The second-order valence-corrected chi connectivity index (χ2v) is 6.94. The summed E-state index contributed by atoms with van der Waals surface area (Å²) in [6, 6.07) is 1.24. The van der Waals surface area contributed by atoms with Crippen LogP contribution in [0.5, 0.6) is 0 Å².